The Bertz CT molecular complexity index is 779. The van der Waals surface area contributed by atoms with Gasteiger partial charge in [0, 0.05) is 6.20 Å². The van der Waals surface area contributed by atoms with E-state index in [2.05, 4.69) is 15.2 Å². The minimum atomic E-state index is -4.74. The van der Waals surface area contributed by atoms with Gasteiger partial charge < -0.3 is 0 Å². The van der Waals surface area contributed by atoms with Gasteiger partial charge in [0.05, 0.1) is 10.4 Å². The summed E-state index contributed by atoms with van der Waals surface area (Å²) < 4.78 is 40.2. The Kier molecular flexibility index (Phi) is 2.78. The molecule has 0 saturated carbocycles. The number of hydrogen-bond donors (Lipinski definition) is 0. The van der Waals surface area contributed by atoms with E-state index in [1.165, 1.54) is 16.8 Å². The van der Waals surface area contributed by atoms with Crippen molar-refractivity contribution >= 4 is 22.9 Å². The van der Waals surface area contributed by atoms with E-state index >= 15 is 0 Å². The molecule has 0 unspecified atom stereocenters. The van der Waals surface area contributed by atoms with Gasteiger partial charge in [0.15, 0.2) is 5.69 Å². The largest absolute Gasteiger partial charge is 0.434 e. The lowest BCUT2D eigenvalue weighted by Gasteiger charge is -2.10. The molecule has 0 atom stereocenters. The van der Waals surface area contributed by atoms with Gasteiger partial charge in [-0.1, -0.05) is 6.07 Å². The SMILES string of the molecule is O=C(c1cccs1)c1cn2cnnc2nc1C(F)(F)F. The van der Waals surface area contributed by atoms with Crippen LogP contribution >= 0.6 is 11.3 Å². The third-order valence-electron chi connectivity index (χ3n) is 2.55. The normalized spacial score (nSPS) is 11.9. The van der Waals surface area contributed by atoms with Crippen molar-refractivity contribution in [1.29, 1.82) is 0 Å². The van der Waals surface area contributed by atoms with E-state index in [1.54, 1.807) is 11.4 Å². The third-order valence-corrected chi connectivity index (χ3v) is 3.42. The first-order valence-electron chi connectivity index (χ1n) is 5.32. The molecule has 0 saturated heterocycles. The molecule has 0 aliphatic heterocycles. The molecule has 0 amide bonds. The van der Waals surface area contributed by atoms with Crippen LogP contribution in [0.3, 0.4) is 0 Å². The monoisotopic (exact) mass is 298 g/mol. The van der Waals surface area contributed by atoms with E-state index in [0.717, 1.165) is 17.5 Å². The molecule has 0 radical (unpaired) electrons. The minimum absolute atomic E-state index is 0.208. The second-order valence-electron chi connectivity index (χ2n) is 3.85. The van der Waals surface area contributed by atoms with Crippen LogP contribution in [0.2, 0.25) is 0 Å². The molecule has 9 heteroatoms. The second kappa shape index (κ2) is 4.37. The van der Waals surface area contributed by atoms with Crippen LogP contribution in [0.1, 0.15) is 20.9 Å². The number of ketones is 1. The smallest absolute Gasteiger partial charge is 0.288 e. The number of aromatic nitrogens is 4. The highest BCUT2D eigenvalue weighted by molar-refractivity contribution is 7.12. The fraction of sp³-hybridized carbons (Fsp3) is 0.0909. The highest BCUT2D eigenvalue weighted by atomic mass is 32.1. The molecule has 0 aliphatic rings. The predicted molar refractivity (Wildman–Crippen MR) is 63.5 cm³/mol. The Labute approximate surface area is 113 Å². The molecule has 3 heterocycles. The van der Waals surface area contributed by atoms with Gasteiger partial charge in [0.25, 0.3) is 5.78 Å². The molecule has 3 aromatic heterocycles. The average Bonchev–Trinajstić information content (AvgIpc) is 3.06. The summed E-state index contributed by atoms with van der Waals surface area (Å²) in [5.41, 5.74) is -1.77. The first kappa shape index (κ1) is 12.7. The number of carbonyl (C=O) groups excluding carboxylic acids is 1. The maximum absolute atomic E-state index is 13.0. The van der Waals surface area contributed by atoms with Gasteiger partial charge in [-0.2, -0.15) is 13.2 Å². The third kappa shape index (κ3) is 2.05. The zero-order chi connectivity index (χ0) is 14.3. The zero-order valence-electron chi connectivity index (χ0n) is 9.63. The van der Waals surface area contributed by atoms with Crippen molar-refractivity contribution in [3.63, 3.8) is 0 Å². The summed E-state index contributed by atoms with van der Waals surface area (Å²) in [5.74, 6) is -0.935. The van der Waals surface area contributed by atoms with Gasteiger partial charge in [0.2, 0.25) is 5.78 Å². The maximum Gasteiger partial charge on any atom is 0.434 e. The molecule has 5 nitrogen and oxygen atoms in total. The van der Waals surface area contributed by atoms with Gasteiger partial charge in [-0.15, -0.1) is 21.5 Å². The standard InChI is InChI=1S/C11H5F3N4OS/c12-11(13,14)9-6(8(19)7-2-1-3-20-7)4-18-5-15-17-10(18)16-9/h1-5H. The van der Waals surface area contributed by atoms with Crippen LogP contribution < -0.4 is 0 Å². The minimum Gasteiger partial charge on any atom is -0.288 e. The molecular formula is C11H5F3N4OS. The number of nitrogens with zero attached hydrogens (tertiary/aromatic N) is 4. The molecular weight excluding hydrogens is 293 g/mol. The molecule has 0 fully saturated rings. The van der Waals surface area contributed by atoms with E-state index in [-0.39, 0.29) is 10.7 Å². The number of rotatable bonds is 2. The van der Waals surface area contributed by atoms with Gasteiger partial charge in [0.1, 0.15) is 6.33 Å². The molecule has 0 bridgehead atoms. The van der Waals surface area contributed by atoms with Crippen LogP contribution in [0.25, 0.3) is 5.78 Å². The van der Waals surface area contributed by atoms with Crippen LogP contribution in [-0.2, 0) is 6.18 Å². The van der Waals surface area contributed by atoms with Crippen molar-refractivity contribution in [2.24, 2.45) is 0 Å². The summed E-state index contributed by atoms with van der Waals surface area (Å²) in [4.78, 5) is 15.8. The van der Waals surface area contributed by atoms with Crippen LogP contribution in [-0.4, -0.2) is 25.4 Å². The zero-order valence-corrected chi connectivity index (χ0v) is 10.4. The molecule has 0 N–H and O–H groups in total. The lowest BCUT2D eigenvalue weighted by Crippen LogP contribution is -2.17. The van der Waals surface area contributed by atoms with Crippen LogP contribution in [0.5, 0.6) is 0 Å². The van der Waals surface area contributed by atoms with Gasteiger partial charge >= 0.3 is 6.18 Å². The molecule has 3 aromatic rings. The predicted octanol–water partition coefficient (Wildman–Crippen LogP) is 2.44. The highest BCUT2D eigenvalue weighted by Gasteiger charge is 2.38. The molecule has 3 rings (SSSR count). The van der Waals surface area contributed by atoms with Crippen molar-refractivity contribution in [2.45, 2.75) is 6.18 Å². The Morgan fingerprint density at radius 3 is 2.80 bits per heavy atom. The van der Waals surface area contributed by atoms with Crippen molar-refractivity contribution in [3.05, 3.63) is 46.2 Å². The van der Waals surface area contributed by atoms with Gasteiger partial charge in [-0.05, 0) is 11.4 Å². The fourth-order valence-corrected chi connectivity index (χ4v) is 2.37. The Morgan fingerprint density at radius 1 is 1.35 bits per heavy atom. The number of thiophene rings is 1. The summed E-state index contributed by atoms with van der Waals surface area (Å²) in [6.07, 6.45) is -2.50. The van der Waals surface area contributed by atoms with Crippen molar-refractivity contribution in [1.82, 2.24) is 19.6 Å². The van der Waals surface area contributed by atoms with Crippen molar-refractivity contribution in [3.8, 4) is 0 Å². The van der Waals surface area contributed by atoms with E-state index in [0.29, 0.717) is 0 Å². The highest BCUT2D eigenvalue weighted by Crippen LogP contribution is 2.32. The van der Waals surface area contributed by atoms with E-state index in [1.807, 2.05) is 0 Å². The number of hydrogen-bond acceptors (Lipinski definition) is 5. The second-order valence-corrected chi connectivity index (χ2v) is 4.79. The fourth-order valence-electron chi connectivity index (χ4n) is 1.69. The Morgan fingerprint density at radius 2 is 2.15 bits per heavy atom. The topological polar surface area (TPSA) is 60.2 Å². The first-order valence-corrected chi connectivity index (χ1v) is 6.20. The molecule has 0 aromatic carbocycles. The summed E-state index contributed by atoms with van der Waals surface area (Å²) in [5, 5.41) is 8.53. The van der Waals surface area contributed by atoms with Crippen molar-refractivity contribution in [2.75, 3.05) is 0 Å². The quantitative estimate of drug-likeness (QED) is 0.682. The molecule has 0 spiro atoms. The Hall–Kier alpha value is -2.29. The van der Waals surface area contributed by atoms with E-state index in [4.69, 9.17) is 0 Å². The average molecular weight is 298 g/mol. The number of carbonyl (C=O) groups is 1. The lowest BCUT2D eigenvalue weighted by atomic mass is 10.1. The van der Waals surface area contributed by atoms with E-state index < -0.39 is 23.2 Å². The number of fused-ring (bicyclic) bond motifs is 1. The van der Waals surface area contributed by atoms with Gasteiger partial charge in [-0.3, -0.25) is 9.20 Å². The van der Waals surface area contributed by atoms with Crippen molar-refractivity contribution < 1.29 is 18.0 Å². The van der Waals surface area contributed by atoms with Crippen LogP contribution in [0.4, 0.5) is 13.2 Å². The van der Waals surface area contributed by atoms with Crippen LogP contribution in [0, 0.1) is 0 Å². The summed E-state index contributed by atoms with van der Waals surface area (Å²) in [6.45, 7) is 0. The molecule has 102 valence electrons. The van der Waals surface area contributed by atoms with Crippen LogP contribution in [0.15, 0.2) is 30.0 Å². The lowest BCUT2D eigenvalue weighted by molar-refractivity contribution is -0.141. The first-order chi connectivity index (χ1) is 9.47. The summed E-state index contributed by atoms with van der Waals surface area (Å²) in [7, 11) is 0. The van der Waals surface area contributed by atoms with E-state index in [9.17, 15) is 18.0 Å². The number of alkyl halides is 3. The van der Waals surface area contributed by atoms with Gasteiger partial charge in [-0.25, -0.2) is 4.98 Å². The molecule has 20 heavy (non-hydrogen) atoms. The summed E-state index contributed by atoms with van der Waals surface area (Å²) >= 11 is 1.07. The Balaban J connectivity index is 2.24. The number of halogens is 3. The molecule has 0 aliphatic carbocycles. The maximum atomic E-state index is 13.0. The summed E-state index contributed by atoms with van der Waals surface area (Å²) in [6, 6.07) is 3.05.